The summed E-state index contributed by atoms with van der Waals surface area (Å²) in [6.07, 6.45) is 1.56. The van der Waals surface area contributed by atoms with Gasteiger partial charge in [-0.05, 0) is 65.7 Å². The normalized spacial score (nSPS) is 11.6. The minimum absolute atomic E-state index is 0.0337. The molecular weight excluding hydrogens is 380 g/mol. The van der Waals surface area contributed by atoms with Crippen molar-refractivity contribution < 1.29 is 9.21 Å². The van der Waals surface area contributed by atoms with Crippen LogP contribution in [0.1, 0.15) is 40.5 Å². The van der Waals surface area contributed by atoms with Crippen molar-refractivity contribution in [2.45, 2.75) is 19.9 Å². The summed E-state index contributed by atoms with van der Waals surface area (Å²) in [5, 5.41) is 23.4. The zero-order valence-electron chi connectivity index (χ0n) is 16.4. The fraction of sp³-hybridized carbons (Fsp3) is 0.136. The monoisotopic (exact) mass is 398 g/mol. The number of furan rings is 1. The van der Waals surface area contributed by atoms with Crippen molar-refractivity contribution in [3.05, 3.63) is 83.6 Å². The smallest absolute Gasteiger partial charge is 0.257 e. The maximum absolute atomic E-state index is 13.0. The van der Waals surface area contributed by atoms with Crippen LogP contribution < -0.4 is 5.32 Å². The molecule has 0 saturated carbocycles. The molecule has 30 heavy (non-hydrogen) atoms. The average Bonchev–Trinajstić information content (AvgIpc) is 3.46. The van der Waals surface area contributed by atoms with Gasteiger partial charge in [0.25, 0.3) is 11.7 Å². The molecule has 0 aliphatic carbocycles. The number of hydrogen-bond acceptors (Lipinski definition) is 6. The molecule has 1 atom stereocenters. The average molecular weight is 398 g/mol. The third-order valence-electron chi connectivity index (χ3n) is 4.70. The molecule has 2 aromatic carbocycles. The molecule has 2 heterocycles. The van der Waals surface area contributed by atoms with Crippen molar-refractivity contribution in [2.75, 3.05) is 0 Å². The number of carbonyl (C=O) groups excluding carboxylic acids is 1. The van der Waals surface area contributed by atoms with E-state index >= 15 is 0 Å². The zero-order valence-corrected chi connectivity index (χ0v) is 16.4. The summed E-state index contributed by atoms with van der Waals surface area (Å²) < 4.78 is 6.68. The van der Waals surface area contributed by atoms with E-state index in [0.29, 0.717) is 17.0 Å². The van der Waals surface area contributed by atoms with Crippen molar-refractivity contribution in [1.29, 1.82) is 5.26 Å². The summed E-state index contributed by atoms with van der Waals surface area (Å²) in [4.78, 5) is 13.0. The molecule has 0 fully saturated rings. The third-order valence-corrected chi connectivity index (χ3v) is 4.70. The van der Waals surface area contributed by atoms with E-state index in [0.717, 1.165) is 16.7 Å². The first-order valence-corrected chi connectivity index (χ1v) is 9.30. The molecule has 0 bridgehead atoms. The number of carbonyl (C=O) groups is 1. The fourth-order valence-electron chi connectivity index (χ4n) is 3.10. The minimum atomic E-state index is -0.304. The molecule has 0 aliphatic heterocycles. The first-order valence-electron chi connectivity index (χ1n) is 9.30. The van der Waals surface area contributed by atoms with Crippen LogP contribution in [0.15, 0.2) is 65.3 Å². The van der Waals surface area contributed by atoms with Crippen molar-refractivity contribution in [3.63, 3.8) is 0 Å². The number of nitrogens with zero attached hydrogens (tertiary/aromatic N) is 5. The van der Waals surface area contributed by atoms with Gasteiger partial charge in [0, 0.05) is 5.56 Å². The number of aromatic nitrogens is 4. The highest BCUT2D eigenvalue weighted by atomic mass is 16.3. The quantitative estimate of drug-likeness (QED) is 0.550. The number of nitrogens with one attached hydrogen (secondary N) is 1. The van der Waals surface area contributed by atoms with E-state index < -0.39 is 0 Å². The Morgan fingerprint density at radius 1 is 1.17 bits per heavy atom. The minimum Gasteiger partial charge on any atom is -0.467 e. The second-order valence-corrected chi connectivity index (χ2v) is 6.87. The number of aryl methyl sites for hydroxylation is 1. The van der Waals surface area contributed by atoms with Gasteiger partial charge in [0.1, 0.15) is 11.8 Å². The van der Waals surface area contributed by atoms with Gasteiger partial charge in [-0.2, -0.15) is 9.94 Å². The Labute approximate surface area is 172 Å². The molecule has 1 unspecified atom stereocenters. The highest BCUT2D eigenvalue weighted by Gasteiger charge is 2.17. The lowest BCUT2D eigenvalue weighted by Crippen LogP contribution is -2.26. The van der Waals surface area contributed by atoms with Crippen molar-refractivity contribution in [1.82, 2.24) is 25.5 Å². The molecule has 2 aromatic heterocycles. The topological polar surface area (TPSA) is 110 Å². The summed E-state index contributed by atoms with van der Waals surface area (Å²) in [6.45, 7) is 3.85. The largest absolute Gasteiger partial charge is 0.467 e. The van der Waals surface area contributed by atoms with Crippen LogP contribution in [-0.2, 0) is 0 Å². The Morgan fingerprint density at radius 2 is 1.97 bits per heavy atom. The Morgan fingerprint density at radius 3 is 2.67 bits per heavy atom. The maximum Gasteiger partial charge on any atom is 0.257 e. The van der Waals surface area contributed by atoms with Crippen LogP contribution in [0.4, 0.5) is 0 Å². The van der Waals surface area contributed by atoms with E-state index in [1.165, 1.54) is 4.68 Å². The van der Waals surface area contributed by atoms with Crippen LogP contribution in [0.5, 0.6) is 0 Å². The first kappa shape index (κ1) is 19.1. The van der Waals surface area contributed by atoms with Crippen LogP contribution in [0.25, 0.3) is 16.8 Å². The van der Waals surface area contributed by atoms with Gasteiger partial charge in [-0.1, -0.05) is 34.9 Å². The second kappa shape index (κ2) is 8.01. The number of amides is 1. The highest BCUT2D eigenvalue weighted by molar-refractivity contribution is 5.96. The van der Waals surface area contributed by atoms with Gasteiger partial charge in [-0.25, -0.2) is 0 Å². The number of benzene rings is 2. The molecule has 0 saturated heterocycles. The van der Waals surface area contributed by atoms with Gasteiger partial charge < -0.3 is 9.73 Å². The van der Waals surface area contributed by atoms with Gasteiger partial charge in [0.2, 0.25) is 0 Å². The number of hydrogen-bond donors (Lipinski definition) is 1. The van der Waals surface area contributed by atoms with E-state index in [9.17, 15) is 10.1 Å². The van der Waals surface area contributed by atoms with Gasteiger partial charge in [0.05, 0.1) is 18.0 Å². The predicted octanol–water partition coefficient (Wildman–Crippen LogP) is 3.59. The van der Waals surface area contributed by atoms with E-state index in [1.54, 1.807) is 30.5 Å². The lowest BCUT2D eigenvalue weighted by Gasteiger charge is -2.14. The molecular formula is C22H18N6O2. The lowest BCUT2D eigenvalue weighted by molar-refractivity contribution is 0.0935. The molecule has 1 N–H and O–H groups in total. The molecule has 0 aliphatic rings. The Bertz CT molecular complexity index is 1220. The summed E-state index contributed by atoms with van der Waals surface area (Å²) >= 11 is 0. The molecule has 1 amide bonds. The molecule has 8 heteroatoms. The lowest BCUT2D eigenvalue weighted by atomic mass is 10.0. The van der Waals surface area contributed by atoms with E-state index in [-0.39, 0.29) is 17.8 Å². The van der Waals surface area contributed by atoms with Gasteiger partial charge >= 0.3 is 0 Å². The molecule has 4 aromatic rings. The van der Waals surface area contributed by atoms with Gasteiger partial charge in [0.15, 0.2) is 0 Å². The van der Waals surface area contributed by atoms with Crippen LogP contribution in [0, 0.1) is 18.3 Å². The highest BCUT2D eigenvalue weighted by Crippen LogP contribution is 2.25. The Hall–Kier alpha value is -4.25. The van der Waals surface area contributed by atoms with Crippen LogP contribution in [0.3, 0.4) is 0 Å². The molecule has 8 nitrogen and oxygen atoms in total. The molecule has 0 spiro atoms. The van der Waals surface area contributed by atoms with Crippen molar-refractivity contribution in [2.24, 2.45) is 0 Å². The SMILES string of the molecule is Cc1ccc(-c2cc(C(=O)NC(C)c3ccco3)cc(-n3nnnc3C#N)c2)cc1. The fourth-order valence-corrected chi connectivity index (χ4v) is 3.10. The van der Waals surface area contributed by atoms with Crippen molar-refractivity contribution in [3.8, 4) is 22.9 Å². The Balaban J connectivity index is 1.76. The van der Waals surface area contributed by atoms with Crippen LogP contribution in [-0.4, -0.2) is 26.1 Å². The predicted molar refractivity (Wildman–Crippen MR) is 109 cm³/mol. The summed E-state index contributed by atoms with van der Waals surface area (Å²) in [6, 6.07) is 18.5. The maximum atomic E-state index is 13.0. The number of nitriles is 1. The molecule has 148 valence electrons. The van der Waals surface area contributed by atoms with E-state index in [2.05, 4.69) is 20.8 Å². The number of rotatable bonds is 5. The van der Waals surface area contributed by atoms with E-state index in [1.807, 2.05) is 50.2 Å². The number of tetrazole rings is 1. The second-order valence-electron chi connectivity index (χ2n) is 6.87. The molecule has 0 radical (unpaired) electrons. The van der Waals surface area contributed by atoms with Crippen molar-refractivity contribution >= 4 is 5.91 Å². The van der Waals surface area contributed by atoms with Gasteiger partial charge in [-0.15, -0.1) is 0 Å². The summed E-state index contributed by atoms with van der Waals surface area (Å²) in [5.41, 5.74) is 3.81. The van der Waals surface area contributed by atoms with E-state index in [4.69, 9.17) is 4.42 Å². The van der Waals surface area contributed by atoms with Gasteiger partial charge in [-0.3, -0.25) is 4.79 Å². The standard InChI is InChI=1S/C22H18N6O2/c1-14-5-7-16(8-6-14)17-10-18(22(29)24-15(2)20-4-3-9-30-20)12-19(11-17)28-21(13-23)25-26-27-28/h3-12,15H,1-2H3,(H,24,29). The first-order chi connectivity index (χ1) is 14.5. The molecule has 4 rings (SSSR count). The van der Waals surface area contributed by atoms with Crippen LogP contribution >= 0.6 is 0 Å². The Kier molecular flexibility index (Phi) is 5.09. The summed E-state index contributed by atoms with van der Waals surface area (Å²) in [7, 11) is 0. The zero-order chi connectivity index (χ0) is 21.1. The third kappa shape index (κ3) is 3.82. The summed E-state index contributed by atoms with van der Waals surface area (Å²) in [5.74, 6) is 0.414. The van der Waals surface area contributed by atoms with Crippen LogP contribution in [0.2, 0.25) is 0 Å².